The molecule has 0 bridgehead atoms. The van der Waals surface area contributed by atoms with Crippen LogP contribution in [0.5, 0.6) is 0 Å². The fourth-order valence-corrected chi connectivity index (χ4v) is 10.2. The van der Waals surface area contributed by atoms with E-state index >= 15 is 0 Å². The number of carboxylic acids is 1. The second kappa shape index (κ2) is 50.9. The minimum absolute atomic E-state index is 0.0350. The van der Waals surface area contributed by atoms with Crippen LogP contribution in [-0.4, -0.2) is 253 Å². The van der Waals surface area contributed by atoms with Crippen molar-refractivity contribution in [2.45, 2.75) is 231 Å². The van der Waals surface area contributed by atoms with Gasteiger partial charge in [0.05, 0.1) is 39.6 Å². The molecule has 2 rings (SSSR count). The molecule has 0 radical (unpaired) electrons. The minimum Gasteiger partial charge on any atom is -0.481 e. The van der Waals surface area contributed by atoms with Crippen molar-refractivity contribution >= 4 is 77.2 Å². The number of nitrogens with two attached hydrogens (primary N) is 1. The standard InChI is InChI=1S/C63H107N9O28/c1-39(73)70-54-58(95-45(7)79)56(93-43(5)77)47(34-91-41(3)75)97-60(54)99-62(87)68-29-18-27-66-50(82)23-32-89-37-63(36-88-31-22-49(81)65-26-17-25-64,72-52(84)20-15-13-11-9-10-12-14-16-21-53(85)86)38-90-33-24-51(83)67-28-19-30-69-100-61-55(71-40(2)74)59(96-46(8)80)57(94-44(6)78)48(98-61)35-92-42(4)76/h47-48,54-62,68-69,87H,9-38,64H2,1-8H3,(H,65,81)(H,66,82)(H,67,83)(H,70,73)(H,71,74)(H,72,84)(H,85,86)/t47?,48?,54?,55?,56-,57-,58?,59?,60+,61+,62?,63?/m1/s1. The number of nitrogens with one attached hydrogen (secondary N) is 8. The lowest BCUT2D eigenvalue weighted by Gasteiger charge is -2.45. The summed E-state index contributed by atoms with van der Waals surface area (Å²) in [7, 11) is 0. The van der Waals surface area contributed by atoms with Gasteiger partial charge in [-0.15, -0.1) is 0 Å². The number of esters is 6. The highest BCUT2D eigenvalue weighted by atomic mass is 16.8. The zero-order valence-corrected chi connectivity index (χ0v) is 58.7. The first-order valence-electron chi connectivity index (χ1n) is 33.6. The monoisotopic (exact) mass is 1440 g/mol. The first kappa shape index (κ1) is 88.8. The highest BCUT2D eigenvalue weighted by Gasteiger charge is 2.53. The molecule has 37 nitrogen and oxygen atoms in total. The van der Waals surface area contributed by atoms with E-state index in [9.17, 15) is 67.4 Å². The number of aliphatic hydroxyl groups is 1. The third-order valence-corrected chi connectivity index (χ3v) is 14.6. The molecule has 2 fully saturated rings. The zero-order chi connectivity index (χ0) is 74.4. The van der Waals surface area contributed by atoms with E-state index in [1.54, 1.807) is 0 Å². The van der Waals surface area contributed by atoms with Gasteiger partial charge in [-0.1, -0.05) is 38.5 Å². The summed E-state index contributed by atoms with van der Waals surface area (Å²) >= 11 is 0. The fourth-order valence-electron chi connectivity index (χ4n) is 10.2. The van der Waals surface area contributed by atoms with Crippen LogP contribution in [0.2, 0.25) is 0 Å². The van der Waals surface area contributed by atoms with Gasteiger partial charge >= 0.3 is 41.8 Å². The predicted molar refractivity (Wildman–Crippen MR) is 345 cm³/mol. The topological polar surface area (TPSA) is 505 Å². The maximum absolute atomic E-state index is 13.8. The van der Waals surface area contributed by atoms with Gasteiger partial charge in [0, 0.05) is 120 Å². The Bertz CT molecular complexity index is 2560. The summed E-state index contributed by atoms with van der Waals surface area (Å²) < 4.78 is 67.6. The molecule has 8 unspecified atom stereocenters. The Morgan fingerprint density at radius 3 is 1.25 bits per heavy atom. The molecular weight excluding hydrogens is 1330 g/mol. The second-order valence-corrected chi connectivity index (χ2v) is 23.8. The van der Waals surface area contributed by atoms with Gasteiger partial charge < -0.3 is 105 Å². The maximum atomic E-state index is 13.8. The van der Waals surface area contributed by atoms with Gasteiger partial charge in [0.15, 0.2) is 30.7 Å². The number of hydroxylamine groups is 1. The molecule has 0 aromatic heterocycles. The van der Waals surface area contributed by atoms with Crippen LogP contribution in [0.15, 0.2) is 0 Å². The lowest BCUT2D eigenvalue weighted by Crippen LogP contribution is -2.67. The van der Waals surface area contributed by atoms with Crippen LogP contribution in [0.1, 0.15) is 158 Å². The van der Waals surface area contributed by atoms with Crippen LogP contribution in [0.4, 0.5) is 0 Å². The fraction of sp³-hybridized carbons (Fsp3) is 0.794. The van der Waals surface area contributed by atoms with Crippen molar-refractivity contribution in [2.75, 3.05) is 92.1 Å². The molecule has 12 N–H and O–H groups in total. The van der Waals surface area contributed by atoms with Crippen LogP contribution in [0.25, 0.3) is 0 Å². The highest BCUT2D eigenvalue weighted by Crippen LogP contribution is 2.30. The summed E-state index contributed by atoms with van der Waals surface area (Å²) in [4.78, 5) is 166. The molecule has 2 saturated heterocycles. The van der Waals surface area contributed by atoms with Crippen LogP contribution in [0, 0.1) is 0 Å². The molecule has 0 spiro atoms. The molecule has 0 aliphatic carbocycles. The van der Waals surface area contributed by atoms with Crippen molar-refractivity contribution in [3.05, 3.63) is 0 Å². The third kappa shape index (κ3) is 40.2. The Kier molecular flexibility index (Phi) is 45.2. The van der Waals surface area contributed by atoms with Gasteiger partial charge in [-0.3, -0.25) is 72.5 Å². The number of hydrogen-bond donors (Lipinski definition) is 11. The summed E-state index contributed by atoms with van der Waals surface area (Å²) in [5.74, 6) is -8.17. The molecule has 0 saturated carbocycles. The van der Waals surface area contributed by atoms with Gasteiger partial charge in [-0.05, 0) is 38.6 Å². The van der Waals surface area contributed by atoms with E-state index in [-0.39, 0.29) is 123 Å². The third-order valence-electron chi connectivity index (χ3n) is 14.6. The van der Waals surface area contributed by atoms with Gasteiger partial charge in [0.2, 0.25) is 48.1 Å². The van der Waals surface area contributed by atoms with E-state index in [0.29, 0.717) is 32.4 Å². The van der Waals surface area contributed by atoms with Gasteiger partial charge in [-0.25, -0.2) is 0 Å². The lowest BCUT2D eigenvalue weighted by molar-refractivity contribution is -0.313. The number of hydrogen-bond acceptors (Lipinski definition) is 30. The van der Waals surface area contributed by atoms with Crippen molar-refractivity contribution in [3.63, 3.8) is 0 Å². The maximum Gasteiger partial charge on any atom is 0.303 e. The number of aliphatic carboxylic acids is 1. The SMILES string of the molecule is CC(=O)NC1C(OC(C)=O)[C@H](OC(C)=O)C(COC(C)=O)O[C@H]1ONCCCNC(=O)CCOCC(COCCC(=O)NCCCN)(COCCC(=O)NCCCNC(O)O[C@@H]1OC(COC(C)=O)[C@@H](OC(C)=O)C(OC(C)=O)C1NC(C)=O)NC(=O)CCCCCCCCCCC(=O)O. The molecule has 2 aliphatic rings. The van der Waals surface area contributed by atoms with Crippen molar-refractivity contribution in [3.8, 4) is 0 Å². The summed E-state index contributed by atoms with van der Waals surface area (Å²) in [6.45, 7) is 7.99. The van der Waals surface area contributed by atoms with Crippen LogP contribution in [0.3, 0.4) is 0 Å². The first-order valence-corrected chi connectivity index (χ1v) is 33.6. The number of carboxylic acid groups (broad SMARTS) is 1. The molecule has 6 amide bonds. The number of unbranched alkanes of at least 4 members (excludes halogenated alkanes) is 7. The second-order valence-electron chi connectivity index (χ2n) is 23.8. The van der Waals surface area contributed by atoms with Crippen molar-refractivity contribution in [1.82, 2.24) is 42.7 Å². The first-order chi connectivity index (χ1) is 47.5. The summed E-state index contributed by atoms with van der Waals surface area (Å²) in [5, 5.41) is 38.9. The zero-order valence-electron chi connectivity index (χ0n) is 58.7. The molecule has 0 aromatic rings. The number of carbonyl (C=O) groups excluding carboxylic acids is 12. The lowest BCUT2D eigenvalue weighted by atomic mass is 9.96. The molecule has 572 valence electrons. The number of rotatable bonds is 53. The Morgan fingerprint density at radius 2 is 0.840 bits per heavy atom. The quantitative estimate of drug-likeness (QED) is 0.0106. The molecule has 2 heterocycles. The van der Waals surface area contributed by atoms with E-state index in [0.717, 1.165) is 87.0 Å². The summed E-state index contributed by atoms with van der Waals surface area (Å²) in [6.07, 6.45) is -5.53. The Morgan fingerprint density at radius 1 is 0.450 bits per heavy atom. The largest absolute Gasteiger partial charge is 0.481 e. The smallest absolute Gasteiger partial charge is 0.303 e. The molecule has 2 aliphatic heterocycles. The van der Waals surface area contributed by atoms with Crippen LogP contribution in [-0.2, 0) is 124 Å². The van der Waals surface area contributed by atoms with E-state index in [1.807, 2.05) is 0 Å². The Labute approximate surface area is 581 Å². The van der Waals surface area contributed by atoms with Crippen molar-refractivity contribution < 1.29 is 134 Å². The highest BCUT2D eigenvalue weighted by molar-refractivity contribution is 5.78. The number of aliphatic hydroxyl groups excluding tert-OH is 1. The van der Waals surface area contributed by atoms with E-state index in [1.165, 1.54) is 6.92 Å². The normalized spacial score (nSPS) is 21.1. The van der Waals surface area contributed by atoms with E-state index in [2.05, 4.69) is 42.7 Å². The van der Waals surface area contributed by atoms with Crippen LogP contribution >= 0.6 is 0 Å². The predicted octanol–water partition coefficient (Wildman–Crippen LogP) is -1.76. The molecular formula is C63H107N9O28. The minimum atomic E-state index is -1.79. The van der Waals surface area contributed by atoms with E-state index in [4.69, 9.17) is 72.5 Å². The number of amides is 6. The number of carbonyl (C=O) groups is 13. The summed E-state index contributed by atoms with van der Waals surface area (Å²) in [6, 6.07) is -2.57. The average Bonchev–Trinajstić information content (AvgIpc) is 0.793. The Balaban J connectivity index is 2.16. The van der Waals surface area contributed by atoms with Crippen molar-refractivity contribution in [1.29, 1.82) is 0 Å². The van der Waals surface area contributed by atoms with Crippen LogP contribution < -0.4 is 48.4 Å². The molecule has 37 heteroatoms. The van der Waals surface area contributed by atoms with Gasteiger partial charge in [-0.2, -0.15) is 5.48 Å². The molecule has 12 atom stereocenters. The summed E-state index contributed by atoms with van der Waals surface area (Å²) in [5.41, 5.74) is 6.85. The number of ether oxygens (including phenoxy) is 12. The Hall–Kier alpha value is -7.33. The van der Waals surface area contributed by atoms with Crippen molar-refractivity contribution in [2.24, 2.45) is 5.73 Å². The average molecular weight is 1440 g/mol. The van der Waals surface area contributed by atoms with E-state index < -0.39 is 152 Å². The molecule has 0 aromatic carbocycles. The van der Waals surface area contributed by atoms with Gasteiger partial charge in [0.1, 0.15) is 43.0 Å². The van der Waals surface area contributed by atoms with Gasteiger partial charge in [0.25, 0.3) is 0 Å². The molecule has 100 heavy (non-hydrogen) atoms.